The SMILES string of the molecule is CC(C)(C)c1nc(N2CCCC2CN)c2nnn(Cc3ccccc3Cl)c2n1. The van der Waals surface area contributed by atoms with Gasteiger partial charge < -0.3 is 10.6 Å². The molecule has 28 heavy (non-hydrogen) atoms. The number of halogens is 1. The minimum atomic E-state index is -0.194. The standard InChI is InChI=1S/C20H26ClN7/c1-20(2,3)19-23-17(27-10-6-8-14(27)11-22)16-18(24-19)28(26-25-16)12-13-7-4-5-9-15(13)21/h4-5,7,9,14H,6,8,10-12,22H2,1-3H3. The zero-order valence-electron chi connectivity index (χ0n) is 16.6. The number of aromatic nitrogens is 5. The highest BCUT2D eigenvalue weighted by molar-refractivity contribution is 6.31. The molecular weight excluding hydrogens is 374 g/mol. The van der Waals surface area contributed by atoms with Crippen LogP contribution in [0.1, 0.15) is 45.0 Å². The summed E-state index contributed by atoms with van der Waals surface area (Å²) in [7, 11) is 0. The first-order valence-corrected chi connectivity index (χ1v) is 10.1. The van der Waals surface area contributed by atoms with Crippen LogP contribution in [0.2, 0.25) is 5.02 Å². The van der Waals surface area contributed by atoms with Crippen molar-refractivity contribution in [2.24, 2.45) is 5.73 Å². The Morgan fingerprint density at radius 3 is 2.71 bits per heavy atom. The van der Waals surface area contributed by atoms with Gasteiger partial charge in [0.15, 0.2) is 17.0 Å². The molecule has 1 aliphatic heterocycles. The predicted octanol–water partition coefficient (Wildman–Crippen LogP) is 3.15. The monoisotopic (exact) mass is 399 g/mol. The van der Waals surface area contributed by atoms with E-state index in [1.165, 1.54) is 0 Å². The molecule has 4 rings (SSSR count). The van der Waals surface area contributed by atoms with Crippen molar-refractivity contribution in [3.63, 3.8) is 0 Å². The van der Waals surface area contributed by atoms with E-state index in [0.717, 1.165) is 47.8 Å². The first-order valence-electron chi connectivity index (χ1n) is 9.70. The smallest absolute Gasteiger partial charge is 0.184 e. The lowest BCUT2D eigenvalue weighted by Gasteiger charge is -2.26. The highest BCUT2D eigenvalue weighted by atomic mass is 35.5. The second kappa shape index (κ2) is 7.29. The lowest BCUT2D eigenvalue weighted by molar-refractivity contribution is 0.543. The lowest BCUT2D eigenvalue weighted by Crippen LogP contribution is -2.36. The van der Waals surface area contributed by atoms with Gasteiger partial charge in [-0.05, 0) is 24.5 Å². The average Bonchev–Trinajstić information content (AvgIpc) is 3.29. The van der Waals surface area contributed by atoms with Gasteiger partial charge in [0.25, 0.3) is 0 Å². The van der Waals surface area contributed by atoms with Crippen LogP contribution in [-0.2, 0) is 12.0 Å². The molecule has 1 aliphatic rings. The molecule has 148 valence electrons. The van der Waals surface area contributed by atoms with Crippen LogP contribution in [-0.4, -0.2) is 44.1 Å². The molecule has 0 amide bonds. The first-order chi connectivity index (χ1) is 13.4. The van der Waals surface area contributed by atoms with Crippen molar-refractivity contribution >= 4 is 28.6 Å². The molecule has 0 radical (unpaired) electrons. The Kier molecular flexibility index (Phi) is 4.97. The Hall–Kier alpha value is -2.25. The number of hydrogen-bond donors (Lipinski definition) is 1. The van der Waals surface area contributed by atoms with Crippen molar-refractivity contribution < 1.29 is 0 Å². The third-order valence-corrected chi connectivity index (χ3v) is 5.58. The summed E-state index contributed by atoms with van der Waals surface area (Å²) < 4.78 is 1.81. The summed E-state index contributed by atoms with van der Waals surface area (Å²) in [5.74, 6) is 1.62. The fourth-order valence-electron chi connectivity index (χ4n) is 3.63. The van der Waals surface area contributed by atoms with Crippen molar-refractivity contribution in [2.75, 3.05) is 18.0 Å². The highest BCUT2D eigenvalue weighted by Crippen LogP contribution is 2.31. The van der Waals surface area contributed by atoms with E-state index in [-0.39, 0.29) is 11.5 Å². The number of anilines is 1. The van der Waals surface area contributed by atoms with Gasteiger partial charge in [-0.25, -0.2) is 14.6 Å². The van der Waals surface area contributed by atoms with Gasteiger partial charge in [-0.1, -0.05) is 55.8 Å². The molecule has 1 unspecified atom stereocenters. The molecule has 0 saturated carbocycles. The third-order valence-electron chi connectivity index (χ3n) is 5.21. The minimum Gasteiger partial charge on any atom is -0.350 e. The van der Waals surface area contributed by atoms with Crippen LogP contribution < -0.4 is 10.6 Å². The molecule has 0 aliphatic carbocycles. The summed E-state index contributed by atoms with van der Waals surface area (Å²) in [5, 5.41) is 9.54. The second-order valence-electron chi connectivity index (χ2n) is 8.36. The van der Waals surface area contributed by atoms with Crippen LogP contribution in [0.4, 0.5) is 5.82 Å². The van der Waals surface area contributed by atoms with E-state index in [4.69, 9.17) is 27.3 Å². The van der Waals surface area contributed by atoms with E-state index >= 15 is 0 Å². The molecule has 8 heteroatoms. The van der Waals surface area contributed by atoms with Crippen LogP contribution in [0.3, 0.4) is 0 Å². The molecule has 3 heterocycles. The van der Waals surface area contributed by atoms with Gasteiger partial charge in [-0.3, -0.25) is 0 Å². The summed E-state index contributed by atoms with van der Waals surface area (Å²) in [6.07, 6.45) is 2.17. The number of nitrogens with zero attached hydrogens (tertiary/aromatic N) is 6. The highest BCUT2D eigenvalue weighted by Gasteiger charge is 2.30. The van der Waals surface area contributed by atoms with Crippen LogP contribution in [0.15, 0.2) is 24.3 Å². The molecule has 0 bridgehead atoms. The largest absolute Gasteiger partial charge is 0.350 e. The molecular formula is C20H26ClN7. The Balaban J connectivity index is 1.86. The zero-order chi connectivity index (χ0) is 19.9. The molecule has 1 fully saturated rings. The van der Waals surface area contributed by atoms with Gasteiger partial charge in [0.2, 0.25) is 0 Å². The van der Waals surface area contributed by atoms with E-state index in [2.05, 4.69) is 36.0 Å². The topological polar surface area (TPSA) is 85.8 Å². The van der Waals surface area contributed by atoms with E-state index < -0.39 is 0 Å². The summed E-state index contributed by atoms with van der Waals surface area (Å²) in [6, 6.07) is 8.04. The summed E-state index contributed by atoms with van der Waals surface area (Å²) in [4.78, 5) is 12.0. The molecule has 1 saturated heterocycles. The maximum atomic E-state index is 6.35. The quantitative estimate of drug-likeness (QED) is 0.725. The fraction of sp³-hybridized carbons (Fsp3) is 0.500. The van der Waals surface area contributed by atoms with E-state index in [1.54, 1.807) is 0 Å². The van der Waals surface area contributed by atoms with Gasteiger partial charge in [-0.2, -0.15) is 0 Å². The van der Waals surface area contributed by atoms with E-state index in [0.29, 0.717) is 18.1 Å². The number of nitrogens with two attached hydrogens (primary N) is 1. The van der Waals surface area contributed by atoms with Gasteiger partial charge >= 0.3 is 0 Å². The Morgan fingerprint density at radius 1 is 1.21 bits per heavy atom. The van der Waals surface area contributed by atoms with Gasteiger partial charge in [0.05, 0.1) is 6.54 Å². The maximum Gasteiger partial charge on any atom is 0.184 e. The summed E-state index contributed by atoms with van der Waals surface area (Å²) >= 11 is 6.35. The zero-order valence-corrected chi connectivity index (χ0v) is 17.3. The lowest BCUT2D eigenvalue weighted by atomic mass is 9.95. The van der Waals surface area contributed by atoms with Crippen molar-refractivity contribution in [3.05, 3.63) is 40.7 Å². The number of fused-ring (bicyclic) bond motifs is 1. The van der Waals surface area contributed by atoms with Crippen molar-refractivity contribution in [3.8, 4) is 0 Å². The number of benzene rings is 1. The van der Waals surface area contributed by atoms with Crippen molar-refractivity contribution in [1.29, 1.82) is 0 Å². The first kappa shape index (κ1) is 19.1. The van der Waals surface area contributed by atoms with E-state index in [9.17, 15) is 0 Å². The predicted molar refractivity (Wildman–Crippen MR) is 112 cm³/mol. The number of hydrogen-bond acceptors (Lipinski definition) is 6. The van der Waals surface area contributed by atoms with Gasteiger partial charge in [0.1, 0.15) is 5.82 Å². The van der Waals surface area contributed by atoms with Crippen LogP contribution in [0.5, 0.6) is 0 Å². The average molecular weight is 400 g/mol. The molecule has 2 N–H and O–H groups in total. The summed E-state index contributed by atoms with van der Waals surface area (Å²) in [5.41, 5.74) is 8.26. The van der Waals surface area contributed by atoms with E-state index in [1.807, 2.05) is 28.9 Å². The van der Waals surface area contributed by atoms with Crippen molar-refractivity contribution in [1.82, 2.24) is 25.0 Å². The van der Waals surface area contributed by atoms with Crippen LogP contribution in [0, 0.1) is 0 Å². The molecule has 1 atom stereocenters. The molecule has 2 aromatic heterocycles. The molecule has 1 aromatic carbocycles. The third kappa shape index (κ3) is 3.44. The normalized spacial score (nSPS) is 17.6. The van der Waals surface area contributed by atoms with Gasteiger partial charge in [0, 0.05) is 29.6 Å². The fourth-order valence-corrected chi connectivity index (χ4v) is 3.83. The van der Waals surface area contributed by atoms with Crippen molar-refractivity contribution in [2.45, 2.75) is 51.6 Å². The van der Waals surface area contributed by atoms with Crippen LogP contribution in [0.25, 0.3) is 11.2 Å². The van der Waals surface area contributed by atoms with Crippen LogP contribution >= 0.6 is 11.6 Å². The Labute approximate surface area is 169 Å². The molecule has 3 aromatic rings. The molecule has 7 nitrogen and oxygen atoms in total. The molecule has 0 spiro atoms. The number of rotatable bonds is 4. The maximum absolute atomic E-state index is 6.35. The second-order valence-corrected chi connectivity index (χ2v) is 8.76. The Morgan fingerprint density at radius 2 is 2.00 bits per heavy atom. The Bertz CT molecular complexity index is 992. The minimum absolute atomic E-state index is 0.194. The summed E-state index contributed by atoms with van der Waals surface area (Å²) in [6.45, 7) is 8.38. The van der Waals surface area contributed by atoms with Gasteiger partial charge in [-0.15, -0.1) is 5.10 Å².